The van der Waals surface area contributed by atoms with E-state index >= 15 is 0 Å². The molecule has 1 aromatic rings. The normalized spacial score (nSPS) is 11.4. The largest absolute Gasteiger partial charge is 0.478 e. The molecule has 1 rings (SSSR count). The highest BCUT2D eigenvalue weighted by molar-refractivity contribution is 5.30. The highest BCUT2D eigenvalue weighted by Crippen LogP contribution is 2.21. The zero-order chi connectivity index (χ0) is 15.1. The Bertz CT molecular complexity index is 397. The summed E-state index contributed by atoms with van der Waals surface area (Å²) in [6.45, 7) is 14.7. The van der Waals surface area contributed by atoms with E-state index in [0.29, 0.717) is 36.2 Å². The molecule has 0 unspecified atom stereocenters. The summed E-state index contributed by atoms with van der Waals surface area (Å²) in [4.78, 5) is 8.85. The van der Waals surface area contributed by atoms with Gasteiger partial charge in [0.15, 0.2) is 0 Å². The van der Waals surface area contributed by atoms with E-state index in [-0.39, 0.29) is 0 Å². The molecule has 0 aliphatic carbocycles. The number of nitrogens with zero attached hydrogens (tertiary/aromatic N) is 2. The maximum atomic E-state index is 5.59. The molecule has 1 aromatic heterocycles. The minimum atomic E-state index is 0.610. The van der Waals surface area contributed by atoms with Gasteiger partial charge in [0.05, 0.1) is 6.61 Å². The third kappa shape index (κ3) is 5.35. The quantitative estimate of drug-likeness (QED) is 0.783. The molecule has 0 aliphatic heterocycles. The van der Waals surface area contributed by atoms with Crippen molar-refractivity contribution in [3.05, 3.63) is 11.8 Å². The number of hydrogen-bond acceptors (Lipinski definition) is 4. The van der Waals surface area contributed by atoms with Crippen LogP contribution in [0.2, 0.25) is 0 Å². The Morgan fingerprint density at radius 3 is 2.35 bits per heavy atom. The molecule has 0 aliphatic rings. The lowest BCUT2D eigenvalue weighted by atomic mass is 9.85. The molecule has 0 spiro atoms. The van der Waals surface area contributed by atoms with E-state index in [1.165, 1.54) is 0 Å². The predicted octanol–water partition coefficient (Wildman–Crippen LogP) is 3.91. The Balaban J connectivity index is 2.69. The van der Waals surface area contributed by atoms with Gasteiger partial charge < -0.3 is 10.1 Å². The van der Waals surface area contributed by atoms with Crippen LogP contribution in [0.3, 0.4) is 0 Å². The summed E-state index contributed by atoms with van der Waals surface area (Å²) in [5, 5.41) is 3.36. The van der Waals surface area contributed by atoms with Gasteiger partial charge in [0.25, 0.3) is 0 Å². The number of anilines is 1. The van der Waals surface area contributed by atoms with E-state index in [9.17, 15) is 0 Å². The lowest BCUT2D eigenvalue weighted by Crippen LogP contribution is -2.25. The van der Waals surface area contributed by atoms with Crippen molar-refractivity contribution >= 4 is 5.95 Å². The molecule has 4 nitrogen and oxygen atoms in total. The molecule has 0 saturated carbocycles. The van der Waals surface area contributed by atoms with Crippen molar-refractivity contribution in [2.45, 2.75) is 48.0 Å². The first-order valence-corrected chi connectivity index (χ1v) is 7.66. The van der Waals surface area contributed by atoms with Crippen molar-refractivity contribution in [2.24, 2.45) is 17.8 Å². The summed E-state index contributed by atoms with van der Waals surface area (Å²) in [5.74, 6) is 3.22. The Kier molecular flexibility index (Phi) is 6.76. The second-order valence-corrected chi connectivity index (χ2v) is 6.05. The third-order valence-electron chi connectivity index (χ3n) is 3.49. The fraction of sp³-hybridized carbons (Fsp3) is 0.750. The second kappa shape index (κ2) is 8.08. The topological polar surface area (TPSA) is 47.0 Å². The number of aryl methyl sites for hydroxylation is 1. The number of hydrogen-bond donors (Lipinski definition) is 1. The Morgan fingerprint density at radius 1 is 1.15 bits per heavy atom. The number of nitrogens with one attached hydrogen (secondary N) is 1. The summed E-state index contributed by atoms with van der Waals surface area (Å²) >= 11 is 0. The molecule has 4 heteroatoms. The lowest BCUT2D eigenvalue weighted by Gasteiger charge is -2.25. The average Bonchev–Trinajstić information content (AvgIpc) is 2.35. The zero-order valence-corrected chi connectivity index (χ0v) is 13.7. The molecular formula is C16H29N3O. The summed E-state index contributed by atoms with van der Waals surface area (Å²) in [7, 11) is 0. The van der Waals surface area contributed by atoms with Crippen LogP contribution in [0.4, 0.5) is 5.95 Å². The number of ether oxygens (including phenoxy) is 1. The molecule has 1 N–H and O–H groups in total. The third-order valence-corrected chi connectivity index (χ3v) is 3.49. The highest BCUT2D eigenvalue weighted by atomic mass is 16.5. The van der Waals surface area contributed by atoms with E-state index in [1.807, 2.05) is 13.0 Å². The van der Waals surface area contributed by atoms with Crippen molar-refractivity contribution in [3.63, 3.8) is 0 Å². The van der Waals surface area contributed by atoms with Crippen molar-refractivity contribution in [1.82, 2.24) is 9.97 Å². The fourth-order valence-electron chi connectivity index (χ4n) is 2.35. The summed E-state index contributed by atoms with van der Waals surface area (Å²) < 4.78 is 5.59. The average molecular weight is 279 g/mol. The van der Waals surface area contributed by atoms with Crippen LogP contribution < -0.4 is 10.1 Å². The van der Waals surface area contributed by atoms with E-state index in [2.05, 4.69) is 49.9 Å². The van der Waals surface area contributed by atoms with E-state index in [4.69, 9.17) is 4.74 Å². The maximum absolute atomic E-state index is 5.59. The molecule has 1 heterocycles. The molecule has 0 radical (unpaired) electrons. The van der Waals surface area contributed by atoms with Gasteiger partial charge in [0, 0.05) is 18.3 Å². The monoisotopic (exact) mass is 279 g/mol. The van der Waals surface area contributed by atoms with Crippen LogP contribution in [0.15, 0.2) is 6.07 Å². The molecule has 0 bridgehead atoms. The second-order valence-electron chi connectivity index (χ2n) is 6.05. The van der Waals surface area contributed by atoms with Gasteiger partial charge in [-0.05, 0) is 31.1 Å². The van der Waals surface area contributed by atoms with Crippen LogP contribution >= 0.6 is 0 Å². The van der Waals surface area contributed by atoms with Crippen molar-refractivity contribution < 1.29 is 4.74 Å². The van der Waals surface area contributed by atoms with Crippen LogP contribution in [-0.2, 0) is 0 Å². The van der Waals surface area contributed by atoms with E-state index in [1.54, 1.807) is 0 Å². The van der Waals surface area contributed by atoms with E-state index < -0.39 is 0 Å². The summed E-state index contributed by atoms with van der Waals surface area (Å²) in [6.07, 6.45) is 0.981. The van der Waals surface area contributed by atoms with Crippen LogP contribution in [0.5, 0.6) is 5.88 Å². The smallest absolute Gasteiger partial charge is 0.226 e. The van der Waals surface area contributed by atoms with Crippen LogP contribution in [0, 0.1) is 24.7 Å². The van der Waals surface area contributed by atoms with Gasteiger partial charge in [0.2, 0.25) is 11.8 Å². The van der Waals surface area contributed by atoms with Gasteiger partial charge >= 0.3 is 0 Å². The number of rotatable bonds is 8. The Labute approximate surface area is 123 Å². The fourth-order valence-corrected chi connectivity index (χ4v) is 2.35. The maximum Gasteiger partial charge on any atom is 0.226 e. The summed E-state index contributed by atoms with van der Waals surface area (Å²) in [6, 6.07) is 1.88. The molecule has 0 atom stereocenters. The highest BCUT2D eigenvalue weighted by Gasteiger charge is 2.17. The van der Waals surface area contributed by atoms with Crippen LogP contribution in [0.1, 0.15) is 46.7 Å². The van der Waals surface area contributed by atoms with Crippen molar-refractivity contribution in [1.29, 1.82) is 0 Å². The Hall–Kier alpha value is -1.32. The van der Waals surface area contributed by atoms with Gasteiger partial charge in [-0.25, -0.2) is 4.98 Å². The standard InChI is InChI=1S/C16H29N3O/c1-7-8-20-15-9-13(6)18-16(19-15)17-10-14(11(2)3)12(4)5/h9,11-12,14H,7-8,10H2,1-6H3,(H,17,18,19). The van der Waals surface area contributed by atoms with Crippen LogP contribution in [-0.4, -0.2) is 23.1 Å². The molecule has 0 amide bonds. The minimum Gasteiger partial charge on any atom is -0.478 e. The first-order valence-electron chi connectivity index (χ1n) is 7.66. The molecular weight excluding hydrogens is 250 g/mol. The summed E-state index contributed by atoms with van der Waals surface area (Å²) in [5.41, 5.74) is 0.930. The minimum absolute atomic E-state index is 0.610. The van der Waals surface area contributed by atoms with Gasteiger partial charge in [-0.2, -0.15) is 4.98 Å². The molecule has 0 fully saturated rings. The zero-order valence-electron chi connectivity index (χ0n) is 13.7. The first kappa shape index (κ1) is 16.7. The van der Waals surface area contributed by atoms with Crippen molar-refractivity contribution in [2.75, 3.05) is 18.5 Å². The molecule has 0 saturated heterocycles. The van der Waals surface area contributed by atoms with Gasteiger partial charge in [0.1, 0.15) is 0 Å². The SMILES string of the molecule is CCCOc1cc(C)nc(NCC(C(C)C)C(C)C)n1. The molecule has 20 heavy (non-hydrogen) atoms. The Morgan fingerprint density at radius 2 is 1.80 bits per heavy atom. The number of aromatic nitrogens is 2. The lowest BCUT2D eigenvalue weighted by molar-refractivity contribution is 0.300. The molecule has 0 aromatic carbocycles. The molecule has 114 valence electrons. The van der Waals surface area contributed by atoms with Gasteiger partial charge in [-0.15, -0.1) is 0 Å². The predicted molar refractivity (Wildman–Crippen MR) is 84.2 cm³/mol. The van der Waals surface area contributed by atoms with Gasteiger partial charge in [-0.1, -0.05) is 34.6 Å². The van der Waals surface area contributed by atoms with Crippen LogP contribution in [0.25, 0.3) is 0 Å². The van der Waals surface area contributed by atoms with Gasteiger partial charge in [-0.3, -0.25) is 0 Å². The van der Waals surface area contributed by atoms with E-state index in [0.717, 1.165) is 18.7 Å². The first-order chi connectivity index (χ1) is 9.43. The van der Waals surface area contributed by atoms with Crippen molar-refractivity contribution in [3.8, 4) is 5.88 Å².